The van der Waals surface area contributed by atoms with Crippen LogP contribution in [0.5, 0.6) is 0 Å². The van der Waals surface area contributed by atoms with Crippen molar-refractivity contribution in [3.8, 4) is 11.1 Å². The molecule has 0 aromatic carbocycles. The highest BCUT2D eigenvalue weighted by molar-refractivity contribution is 7.15. The van der Waals surface area contributed by atoms with Gasteiger partial charge in [0.15, 0.2) is 0 Å². The summed E-state index contributed by atoms with van der Waals surface area (Å²) >= 11 is 9.41. The summed E-state index contributed by atoms with van der Waals surface area (Å²) in [6.07, 6.45) is 0. The predicted octanol–water partition coefficient (Wildman–Crippen LogP) is 3.85. The summed E-state index contributed by atoms with van der Waals surface area (Å²) < 4.78 is 0.874. The van der Waals surface area contributed by atoms with Crippen LogP contribution in [0.2, 0.25) is 4.34 Å². The van der Waals surface area contributed by atoms with Gasteiger partial charge < -0.3 is 5.32 Å². The van der Waals surface area contributed by atoms with Crippen LogP contribution in [0.1, 0.15) is 4.88 Å². The molecule has 0 bridgehead atoms. The van der Waals surface area contributed by atoms with Crippen molar-refractivity contribution >= 4 is 34.3 Å². The van der Waals surface area contributed by atoms with E-state index in [9.17, 15) is 0 Å². The molecule has 0 saturated carbocycles. The Morgan fingerprint density at radius 3 is 2.93 bits per heavy atom. The minimum Gasteiger partial charge on any atom is -0.315 e. The molecule has 4 heteroatoms. The summed E-state index contributed by atoms with van der Waals surface area (Å²) in [5.41, 5.74) is 2.38. The molecule has 14 heavy (non-hydrogen) atoms. The molecular formula is C10H10ClNS2. The molecule has 0 saturated heterocycles. The van der Waals surface area contributed by atoms with Crippen LogP contribution in [0, 0.1) is 0 Å². The number of hydrogen-bond donors (Lipinski definition) is 1. The van der Waals surface area contributed by atoms with E-state index in [4.69, 9.17) is 11.6 Å². The Labute approximate surface area is 96.4 Å². The summed E-state index contributed by atoms with van der Waals surface area (Å²) in [5.74, 6) is 0. The summed E-state index contributed by atoms with van der Waals surface area (Å²) in [6.45, 7) is 0.923. The van der Waals surface area contributed by atoms with Gasteiger partial charge in [0.2, 0.25) is 0 Å². The van der Waals surface area contributed by atoms with Gasteiger partial charge >= 0.3 is 0 Å². The lowest BCUT2D eigenvalue weighted by molar-refractivity contribution is 0.831. The number of nitrogens with one attached hydrogen (secondary N) is 1. The van der Waals surface area contributed by atoms with Crippen molar-refractivity contribution in [2.75, 3.05) is 7.05 Å². The van der Waals surface area contributed by atoms with Crippen LogP contribution in [-0.4, -0.2) is 7.05 Å². The maximum Gasteiger partial charge on any atom is 0.101 e. The van der Waals surface area contributed by atoms with Crippen LogP contribution in [0.15, 0.2) is 22.9 Å². The van der Waals surface area contributed by atoms with Gasteiger partial charge in [0.25, 0.3) is 0 Å². The zero-order valence-electron chi connectivity index (χ0n) is 7.71. The van der Waals surface area contributed by atoms with Crippen molar-refractivity contribution in [1.82, 2.24) is 5.32 Å². The van der Waals surface area contributed by atoms with E-state index in [2.05, 4.69) is 22.8 Å². The lowest BCUT2D eigenvalue weighted by Gasteiger charge is -1.93. The van der Waals surface area contributed by atoms with E-state index in [1.165, 1.54) is 10.4 Å². The van der Waals surface area contributed by atoms with Crippen LogP contribution in [0.25, 0.3) is 11.1 Å². The van der Waals surface area contributed by atoms with Gasteiger partial charge in [0.05, 0.1) is 0 Å². The largest absolute Gasteiger partial charge is 0.315 e. The number of thiophene rings is 2. The highest BCUT2D eigenvalue weighted by Crippen LogP contribution is 2.34. The van der Waals surface area contributed by atoms with E-state index in [0.717, 1.165) is 16.4 Å². The molecule has 0 fully saturated rings. The molecule has 74 valence electrons. The minimum absolute atomic E-state index is 0.874. The van der Waals surface area contributed by atoms with Crippen molar-refractivity contribution in [1.29, 1.82) is 0 Å². The third kappa shape index (κ3) is 2.01. The van der Waals surface area contributed by atoms with Crippen molar-refractivity contribution < 1.29 is 0 Å². The Balaban J connectivity index is 2.29. The normalized spacial score (nSPS) is 10.7. The molecule has 0 aliphatic rings. The third-order valence-electron chi connectivity index (χ3n) is 1.93. The van der Waals surface area contributed by atoms with Crippen molar-refractivity contribution in [2.24, 2.45) is 0 Å². The monoisotopic (exact) mass is 243 g/mol. The Kier molecular flexibility index (Phi) is 3.23. The molecule has 2 aromatic rings. The van der Waals surface area contributed by atoms with Crippen molar-refractivity contribution in [3.05, 3.63) is 32.1 Å². The molecule has 0 spiro atoms. The van der Waals surface area contributed by atoms with Crippen LogP contribution >= 0.6 is 34.3 Å². The highest BCUT2D eigenvalue weighted by atomic mass is 35.5. The van der Waals surface area contributed by atoms with Gasteiger partial charge in [-0.25, -0.2) is 0 Å². The molecule has 0 aliphatic heterocycles. The van der Waals surface area contributed by atoms with Gasteiger partial charge in [0.1, 0.15) is 4.34 Å². The second kappa shape index (κ2) is 4.45. The molecule has 0 atom stereocenters. The third-order valence-corrected chi connectivity index (χ3v) is 4.04. The van der Waals surface area contributed by atoms with Crippen LogP contribution in [-0.2, 0) is 6.54 Å². The van der Waals surface area contributed by atoms with E-state index < -0.39 is 0 Å². The van der Waals surface area contributed by atoms with E-state index in [1.54, 1.807) is 22.7 Å². The molecule has 1 nitrogen and oxygen atoms in total. The standard InChI is InChI=1S/C10H10ClNS2/c1-12-5-8-4-7(6-14-8)9-2-3-13-10(9)11/h2-4,6,12H,5H2,1H3. The fourth-order valence-electron chi connectivity index (χ4n) is 1.29. The number of hydrogen-bond acceptors (Lipinski definition) is 3. The quantitative estimate of drug-likeness (QED) is 0.864. The summed E-state index contributed by atoms with van der Waals surface area (Å²) in [4.78, 5) is 1.34. The first-order valence-corrected chi connectivity index (χ1v) is 6.40. The van der Waals surface area contributed by atoms with Crippen molar-refractivity contribution in [2.45, 2.75) is 6.54 Å². The Hall–Kier alpha value is -0.350. The number of halogens is 1. The van der Waals surface area contributed by atoms with Gasteiger partial charge in [-0.15, -0.1) is 22.7 Å². The van der Waals surface area contributed by atoms with Gasteiger partial charge in [0, 0.05) is 17.0 Å². The van der Waals surface area contributed by atoms with Gasteiger partial charge in [-0.3, -0.25) is 0 Å². The molecule has 2 heterocycles. The summed E-state index contributed by atoms with van der Waals surface area (Å²) in [5, 5.41) is 7.31. The van der Waals surface area contributed by atoms with E-state index in [1.807, 2.05) is 12.4 Å². The second-order valence-electron chi connectivity index (χ2n) is 2.94. The van der Waals surface area contributed by atoms with Crippen LogP contribution in [0.3, 0.4) is 0 Å². The number of rotatable bonds is 3. The Bertz CT molecular complexity index is 419. The summed E-state index contributed by atoms with van der Waals surface area (Å²) in [7, 11) is 1.96. The molecule has 0 radical (unpaired) electrons. The first-order chi connectivity index (χ1) is 6.81. The molecule has 0 unspecified atom stereocenters. The zero-order valence-corrected chi connectivity index (χ0v) is 10.1. The Morgan fingerprint density at radius 2 is 2.29 bits per heavy atom. The maximum absolute atomic E-state index is 6.07. The fraction of sp³-hybridized carbons (Fsp3) is 0.200. The molecule has 1 N–H and O–H groups in total. The fourth-order valence-corrected chi connectivity index (χ4v) is 3.15. The van der Waals surface area contributed by atoms with E-state index >= 15 is 0 Å². The predicted molar refractivity (Wildman–Crippen MR) is 65.4 cm³/mol. The van der Waals surface area contributed by atoms with E-state index in [-0.39, 0.29) is 0 Å². The molecule has 0 aliphatic carbocycles. The van der Waals surface area contributed by atoms with Crippen LogP contribution in [0.4, 0.5) is 0 Å². The van der Waals surface area contributed by atoms with Gasteiger partial charge in [-0.1, -0.05) is 11.6 Å². The first-order valence-electron chi connectivity index (χ1n) is 4.26. The SMILES string of the molecule is CNCc1cc(-c2ccsc2Cl)cs1. The van der Waals surface area contributed by atoms with Crippen molar-refractivity contribution in [3.63, 3.8) is 0 Å². The molecule has 2 rings (SSSR count). The highest BCUT2D eigenvalue weighted by Gasteiger charge is 2.06. The molecular weight excluding hydrogens is 234 g/mol. The molecule has 0 amide bonds. The lowest BCUT2D eigenvalue weighted by atomic mass is 10.2. The average molecular weight is 244 g/mol. The smallest absolute Gasteiger partial charge is 0.101 e. The maximum atomic E-state index is 6.07. The molecule has 2 aromatic heterocycles. The summed E-state index contributed by atoms with van der Waals surface area (Å²) in [6, 6.07) is 4.26. The minimum atomic E-state index is 0.874. The lowest BCUT2D eigenvalue weighted by Crippen LogP contribution is -2.02. The first kappa shape index (κ1) is 10.2. The zero-order chi connectivity index (χ0) is 9.97. The topological polar surface area (TPSA) is 12.0 Å². The van der Waals surface area contributed by atoms with Gasteiger partial charge in [-0.2, -0.15) is 0 Å². The Morgan fingerprint density at radius 1 is 1.43 bits per heavy atom. The second-order valence-corrected chi connectivity index (χ2v) is 5.45. The van der Waals surface area contributed by atoms with Gasteiger partial charge in [-0.05, 0) is 35.5 Å². The average Bonchev–Trinajstić information content (AvgIpc) is 2.74. The van der Waals surface area contributed by atoms with Crippen LogP contribution < -0.4 is 5.32 Å². The van der Waals surface area contributed by atoms with E-state index in [0.29, 0.717) is 0 Å².